The Labute approximate surface area is 200 Å². The van der Waals surface area contributed by atoms with Gasteiger partial charge in [0.05, 0.1) is 33.4 Å². The number of amides is 1. The molecule has 7 heteroatoms. The van der Waals surface area contributed by atoms with E-state index in [9.17, 15) is 4.79 Å². The minimum atomic E-state index is 0.194. The van der Waals surface area contributed by atoms with Crippen molar-refractivity contribution in [2.24, 2.45) is 0 Å². The van der Waals surface area contributed by atoms with Crippen molar-refractivity contribution >= 4 is 5.91 Å². The van der Waals surface area contributed by atoms with Gasteiger partial charge in [0.15, 0.2) is 11.5 Å². The molecule has 1 aromatic heterocycles. The van der Waals surface area contributed by atoms with Crippen LogP contribution in [-0.2, 0) is 17.8 Å². The van der Waals surface area contributed by atoms with E-state index in [2.05, 4.69) is 16.0 Å². The molecule has 0 bridgehead atoms. The number of hydrogen-bond acceptors (Lipinski definition) is 6. The summed E-state index contributed by atoms with van der Waals surface area (Å²) in [6, 6.07) is 17.9. The maximum atomic E-state index is 12.7. The van der Waals surface area contributed by atoms with E-state index in [0.29, 0.717) is 23.7 Å². The second-order valence-electron chi connectivity index (χ2n) is 8.28. The Morgan fingerprint density at radius 3 is 2.15 bits per heavy atom. The molecule has 3 aromatic rings. The number of nitrogens with zero attached hydrogens (tertiary/aromatic N) is 3. The largest absolute Gasteiger partial charge is 0.493 e. The second kappa shape index (κ2) is 11.0. The highest BCUT2D eigenvalue weighted by Crippen LogP contribution is 2.40. The second-order valence-corrected chi connectivity index (χ2v) is 8.28. The number of aromatic nitrogens is 1. The van der Waals surface area contributed by atoms with Crippen LogP contribution in [0.1, 0.15) is 11.1 Å². The number of rotatable bonds is 8. The van der Waals surface area contributed by atoms with Gasteiger partial charge in [0.2, 0.25) is 11.7 Å². The van der Waals surface area contributed by atoms with Crippen molar-refractivity contribution in [3.8, 4) is 28.5 Å². The molecule has 178 valence electrons. The van der Waals surface area contributed by atoms with E-state index in [0.717, 1.165) is 49.5 Å². The molecule has 1 aliphatic rings. The average Bonchev–Trinajstić information content (AvgIpc) is 2.89. The molecule has 0 atom stereocenters. The van der Waals surface area contributed by atoms with Gasteiger partial charge in [-0.05, 0) is 35.4 Å². The summed E-state index contributed by atoms with van der Waals surface area (Å²) in [6.07, 6.45) is 2.29. The van der Waals surface area contributed by atoms with Crippen molar-refractivity contribution in [2.45, 2.75) is 13.0 Å². The average molecular weight is 462 g/mol. The van der Waals surface area contributed by atoms with Gasteiger partial charge in [-0.15, -0.1) is 0 Å². The monoisotopic (exact) mass is 461 g/mol. The van der Waals surface area contributed by atoms with E-state index in [4.69, 9.17) is 14.2 Å². The fourth-order valence-electron chi connectivity index (χ4n) is 4.26. The Balaban J connectivity index is 1.40. The predicted octanol–water partition coefficient (Wildman–Crippen LogP) is 3.66. The lowest BCUT2D eigenvalue weighted by molar-refractivity contribution is -0.132. The molecule has 4 rings (SSSR count). The maximum absolute atomic E-state index is 12.7. The third-order valence-corrected chi connectivity index (χ3v) is 6.11. The summed E-state index contributed by atoms with van der Waals surface area (Å²) in [5.41, 5.74) is 3.97. The number of benzene rings is 2. The van der Waals surface area contributed by atoms with Crippen LogP contribution in [0, 0.1) is 0 Å². The Kier molecular flexibility index (Phi) is 7.65. The molecule has 2 aromatic carbocycles. The van der Waals surface area contributed by atoms with Gasteiger partial charge in [-0.3, -0.25) is 14.7 Å². The first-order valence-corrected chi connectivity index (χ1v) is 11.4. The molecule has 0 radical (unpaired) electrons. The number of piperazine rings is 1. The molecule has 0 aliphatic carbocycles. The van der Waals surface area contributed by atoms with Crippen molar-refractivity contribution in [1.82, 2.24) is 14.8 Å². The van der Waals surface area contributed by atoms with Gasteiger partial charge < -0.3 is 19.1 Å². The Hall–Kier alpha value is -3.58. The van der Waals surface area contributed by atoms with Gasteiger partial charge in [0.1, 0.15) is 0 Å². The molecule has 1 amide bonds. The van der Waals surface area contributed by atoms with E-state index >= 15 is 0 Å². The number of carbonyl (C=O) groups excluding carboxylic acids is 1. The van der Waals surface area contributed by atoms with Gasteiger partial charge in [0.25, 0.3) is 0 Å². The molecule has 7 nitrogen and oxygen atoms in total. The minimum absolute atomic E-state index is 0.194. The van der Waals surface area contributed by atoms with Gasteiger partial charge in [0, 0.05) is 44.5 Å². The summed E-state index contributed by atoms with van der Waals surface area (Å²) in [4.78, 5) is 21.6. The van der Waals surface area contributed by atoms with E-state index < -0.39 is 0 Å². The molecule has 1 fully saturated rings. The molecule has 1 saturated heterocycles. The summed E-state index contributed by atoms with van der Waals surface area (Å²) in [6.45, 7) is 4.00. The fraction of sp³-hybridized carbons (Fsp3) is 0.333. The number of pyridine rings is 1. The molecule has 2 heterocycles. The van der Waals surface area contributed by atoms with Gasteiger partial charge in [-0.1, -0.05) is 30.3 Å². The lowest BCUT2D eigenvalue weighted by Gasteiger charge is -2.35. The highest BCUT2D eigenvalue weighted by Gasteiger charge is 2.21. The first kappa shape index (κ1) is 23.6. The third-order valence-electron chi connectivity index (χ3n) is 6.11. The minimum Gasteiger partial charge on any atom is -0.493 e. The van der Waals surface area contributed by atoms with Crippen LogP contribution in [-0.4, -0.2) is 68.2 Å². The summed E-state index contributed by atoms with van der Waals surface area (Å²) in [5, 5.41) is 0. The molecule has 1 aliphatic heterocycles. The van der Waals surface area contributed by atoms with Crippen LogP contribution in [0.15, 0.2) is 60.8 Å². The van der Waals surface area contributed by atoms with Gasteiger partial charge in [-0.2, -0.15) is 0 Å². The van der Waals surface area contributed by atoms with Crippen LogP contribution in [0.5, 0.6) is 17.2 Å². The summed E-state index contributed by atoms with van der Waals surface area (Å²) in [7, 11) is 4.80. The standard InChI is InChI=1S/C27H31N3O4/c1-32-24-17-22(18-25(33-2)27(24)34-3)23-15-21(9-10-28-23)19-29-11-13-30(14-12-29)26(31)16-20-7-5-4-6-8-20/h4-10,15,17-18H,11-14,16,19H2,1-3H3. The van der Waals surface area contributed by atoms with Crippen molar-refractivity contribution in [1.29, 1.82) is 0 Å². The van der Waals surface area contributed by atoms with Crippen LogP contribution >= 0.6 is 0 Å². The van der Waals surface area contributed by atoms with Crippen molar-refractivity contribution < 1.29 is 19.0 Å². The third kappa shape index (κ3) is 5.48. The quantitative estimate of drug-likeness (QED) is 0.510. The predicted molar refractivity (Wildman–Crippen MR) is 131 cm³/mol. The normalized spacial score (nSPS) is 14.0. The highest BCUT2D eigenvalue weighted by atomic mass is 16.5. The van der Waals surface area contributed by atoms with E-state index in [-0.39, 0.29) is 5.91 Å². The number of carbonyl (C=O) groups is 1. The summed E-state index contributed by atoms with van der Waals surface area (Å²) >= 11 is 0. The fourth-order valence-corrected chi connectivity index (χ4v) is 4.26. The van der Waals surface area contributed by atoms with Crippen LogP contribution < -0.4 is 14.2 Å². The topological polar surface area (TPSA) is 64.1 Å². The van der Waals surface area contributed by atoms with Crippen LogP contribution in [0.2, 0.25) is 0 Å². The maximum Gasteiger partial charge on any atom is 0.227 e. The van der Waals surface area contributed by atoms with Crippen LogP contribution in [0.3, 0.4) is 0 Å². The molecular formula is C27H31N3O4. The summed E-state index contributed by atoms with van der Waals surface area (Å²) in [5.74, 6) is 1.95. The molecule has 34 heavy (non-hydrogen) atoms. The first-order valence-electron chi connectivity index (χ1n) is 11.4. The van der Waals surface area contributed by atoms with E-state index in [1.165, 1.54) is 5.56 Å². The van der Waals surface area contributed by atoms with E-state index in [1.807, 2.05) is 59.6 Å². The van der Waals surface area contributed by atoms with Crippen molar-refractivity contribution in [2.75, 3.05) is 47.5 Å². The Bertz CT molecular complexity index is 1090. The zero-order chi connectivity index (χ0) is 23.9. The summed E-state index contributed by atoms with van der Waals surface area (Å²) < 4.78 is 16.4. The highest BCUT2D eigenvalue weighted by molar-refractivity contribution is 5.78. The van der Waals surface area contributed by atoms with Crippen molar-refractivity contribution in [3.63, 3.8) is 0 Å². The van der Waals surface area contributed by atoms with Crippen LogP contribution in [0.4, 0.5) is 0 Å². The van der Waals surface area contributed by atoms with Gasteiger partial charge in [-0.25, -0.2) is 0 Å². The molecular weight excluding hydrogens is 430 g/mol. The van der Waals surface area contributed by atoms with Crippen molar-refractivity contribution in [3.05, 3.63) is 71.9 Å². The molecule has 0 spiro atoms. The molecule has 0 N–H and O–H groups in total. The number of ether oxygens (including phenoxy) is 3. The lowest BCUT2D eigenvalue weighted by Crippen LogP contribution is -2.48. The van der Waals surface area contributed by atoms with Gasteiger partial charge >= 0.3 is 0 Å². The molecule has 0 saturated carbocycles. The number of methoxy groups -OCH3 is 3. The zero-order valence-electron chi connectivity index (χ0n) is 20.0. The molecule has 0 unspecified atom stereocenters. The lowest BCUT2D eigenvalue weighted by atomic mass is 10.1. The SMILES string of the molecule is COc1cc(-c2cc(CN3CCN(C(=O)Cc4ccccc4)CC3)ccn2)cc(OC)c1OC. The smallest absolute Gasteiger partial charge is 0.227 e. The Morgan fingerprint density at radius 1 is 0.853 bits per heavy atom. The Morgan fingerprint density at radius 2 is 1.53 bits per heavy atom. The van der Waals surface area contributed by atoms with Crippen LogP contribution in [0.25, 0.3) is 11.3 Å². The first-order chi connectivity index (χ1) is 16.6. The zero-order valence-corrected chi connectivity index (χ0v) is 20.0. The van der Waals surface area contributed by atoms with E-state index in [1.54, 1.807) is 21.3 Å². The number of hydrogen-bond donors (Lipinski definition) is 0.